The maximum atomic E-state index is 12.8. The highest BCUT2D eigenvalue weighted by Crippen LogP contribution is 2.36. The molecule has 1 aliphatic rings. The molecule has 0 amide bonds. The lowest BCUT2D eigenvalue weighted by Gasteiger charge is -2.32. The van der Waals surface area contributed by atoms with E-state index in [0.29, 0.717) is 25.9 Å². The van der Waals surface area contributed by atoms with Crippen molar-refractivity contribution in [2.45, 2.75) is 24.6 Å². The molecular weight excluding hydrogens is 259 g/mol. The van der Waals surface area contributed by atoms with Gasteiger partial charge in [-0.3, -0.25) is 0 Å². The highest BCUT2D eigenvalue weighted by atomic mass is 19.4. The fourth-order valence-corrected chi connectivity index (χ4v) is 2.08. The van der Waals surface area contributed by atoms with Gasteiger partial charge in [-0.2, -0.15) is 13.2 Å². The molecule has 6 heteroatoms. The maximum absolute atomic E-state index is 12.8. The van der Waals surface area contributed by atoms with E-state index in [1.165, 1.54) is 18.2 Å². The van der Waals surface area contributed by atoms with E-state index in [0.717, 1.165) is 6.07 Å². The van der Waals surface area contributed by atoms with Crippen molar-refractivity contribution in [3.8, 4) is 5.75 Å². The van der Waals surface area contributed by atoms with Crippen LogP contribution in [0.2, 0.25) is 0 Å². The van der Waals surface area contributed by atoms with E-state index in [1.807, 2.05) is 0 Å². The minimum Gasteiger partial charge on any atom is -0.490 e. The van der Waals surface area contributed by atoms with E-state index >= 15 is 0 Å². The third-order valence-corrected chi connectivity index (χ3v) is 3.22. The van der Waals surface area contributed by atoms with Crippen LogP contribution in [0.25, 0.3) is 0 Å². The Morgan fingerprint density at radius 1 is 1.21 bits per heavy atom. The number of alkyl halides is 3. The Morgan fingerprint density at radius 2 is 1.84 bits per heavy atom. The van der Waals surface area contributed by atoms with Crippen LogP contribution < -0.4 is 10.1 Å². The van der Waals surface area contributed by atoms with Gasteiger partial charge < -0.3 is 15.2 Å². The quantitative estimate of drug-likeness (QED) is 0.888. The summed E-state index contributed by atoms with van der Waals surface area (Å²) in [4.78, 5) is 0. The van der Waals surface area contributed by atoms with Crippen molar-refractivity contribution in [1.29, 1.82) is 0 Å². The van der Waals surface area contributed by atoms with Gasteiger partial charge in [0.1, 0.15) is 18.0 Å². The van der Waals surface area contributed by atoms with Crippen LogP contribution in [0.1, 0.15) is 18.4 Å². The Labute approximate surface area is 109 Å². The first kappa shape index (κ1) is 14.1. The largest absolute Gasteiger partial charge is 0.490 e. The molecule has 0 unspecified atom stereocenters. The molecule has 1 saturated heterocycles. The van der Waals surface area contributed by atoms with Crippen LogP contribution in [-0.4, -0.2) is 30.4 Å². The smallest absolute Gasteiger partial charge is 0.419 e. The van der Waals surface area contributed by atoms with E-state index in [2.05, 4.69) is 5.32 Å². The fourth-order valence-electron chi connectivity index (χ4n) is 2.08. The minimum absolute atomic E-state index is 0.123. The first-order chi connectivity index (χ1) is 8.91. The monoisotopic (exact) mass is 275 g/mol. The highest BCUT2D eigenvalue weighted by Gasteiger charge is 2.35. The number of ether oxygens (including phenoxy) is 1. The van der Waals surface area contributed by atoms with Crippen LogP contribution in [0, 0.1) is 0 Å². The van der Waals surface area contributed by atoms with Crippen molar-refractivity contribution in [3.05, 3.63) is 29.8 Å². The summed E-state index contributed by atoms with van der Waals surface area (Å²) in [6.07, 6.45) is -3.50. The van der Waals surface area contributed by atoms with Crippen molar-refractivity contribution >= 4 is 0 Å². The predicted octanol–water partition coefficient (Wildman–Crippen LogP) is 2.20. The third kappa shape index (κ3) is 3.61. The molecule has 0 atom stereocenters. The average molecular weight is 275 g/mol. The molecule has 1 heterocycles. The normalized spacial score (nSPS) is 19.2. The van der Waals surface area contributed by atoms with Gasteiger partial charge in [0.25, 0.3) is 0 Å². The summed E-state index contributed by atoms with van der Waals surface area (Å²) in [5.74, 6) is -0.234. The van der Waals surface area contributed by atoms with Gasteiger partial charge in [-0.25, -0.2) is 0 Å². The number of para-hydroxylation sites is 1. The van der Waals surface area contributed by atoms with Gasteiger partial charge in [-0.05, 0) is 38.1 Å². The van der Waals surface area contributed by atoms with Gasteiger partial charge in [-0.1, -0.05) is 12.1 Å². The Balaban J connectivity index is 2.07. The summed E-state index contributed by atoms with van der Waals surface area (Å²) in [7, 11) is 0. The predicted molar refractivity (Wildman–Crippen MR) is 64.0 cm³/mol. The van der Waals surface area contributed by atoms with Crippen LogP contribution in [-0.2, 0) is 6.18 Å². The molecule has 3 nitrogen and oxygen atoms in total. The third-order valence-electron chi connectivity index (χ3n) is 3.22. The number of piperidine rings is 1. The van der Waals surface area contributed by atoms with Crippen LogP contribution in [0.3, 0.4) is 0 Å². The lowest BCUT2D eigenvalue weighted by molar-refractivity contribution is -0.139. The van der Waals surface area contributed by atoms with Crippen LogP contribution >= 0.6 is 0 Å². The number of benzene rings is 1. The van der Waals surface area contributed by atoms with Crippen LogP contribution in [0.5, 0.6) is 5.75 Å². The van der Waals surface area contributed by atoms with E-state index in [-0.39, 0.29) is 12.4 Å². The summed E-state index contributed by atoms with van der Waals surface area (Å²) in [5.41, 5.74) is -1.86. The summed E-state index contributed by atoms with van der Waals surface area (Å²) in [6, 6.07) is 5.04. The number of hydrogen-bond donors (Lipinski definition) is 2. The van der Waals surface area contributed by atoms with Crippen LogP contribution in [0.15, 0.2) is 24.3 Å². The van der Waals surface area contributed by atoms with Gasteiger partial charge in [0.05, 0.1) is 5.56 Å². The van der Waals surface area contributed by atoms with Crippen molar-refractivity contribution in [3.63, 3.8) is 0 Å². The van der Waals surface area contributed by atoms with Gasteiger partial charge in [0.15, 0.2) is 0 Å². The second-order valence-electron chi connectivity index (χ2n) is 4.76. The zero-order valence-corrected chi connectivity index (χ0v) is 10.3. The molecule has 106 valence electrons. The molecule has 1 aromatic rings. The number of halogens is 3. The number of nitrogens with one attached hydrogen (secondary N) is 1. The van der Waals surface area contributed by atoms with E-state index < -0.39 is 17.3 Å². The number of rotatable bonds is 3. The molecule has 1 aliphatic heterocycles. The first-order valence-corrected chi connectivity index (χ1v) is 6.13. The highest BCUT2D eigenvalue weighted by molar-refractivity contribution is 5.35. The van der Waals surface area contributed by atoms with E-state index in [1.54, 1.807) is 0 Å². The van der Waals surface area contributed by atoms with Crippen molar-refractivity contribution < 1.29 is 23.0 Å². The summed E-state index contributed by atoms with van der Waals surface area (Å²) in [5, 5.41) is 13.3. The molecule has 1 fully saturated rings. The lowest BCUT2D eigenvalue weighted by atomic mass is 9.93. The Morgan fingerprint density at radius 3 is 2.47 bits per heavy atom. The van der Waals surface area contributed by atoms with Gasteiger partial charge >= 0.3 is 6.18 Å². The summed E-state index contributed by atoms with van der Waals surface area (Å²) >= 11 is 0. The van der Waals surface area contributed by atoms with Crippen molar-refractivity contribution in [1.82, 2.24) is 5.32 Å². The molecule has 0 radical (unpaired) electrons. The molecule has 2 N–H and O–H groups in total. The molecule has 2 rings (SSSR count). The molecule has 19 heavy (non-hydrogen) atoms. The molecule has 0 bridgehead atoms. The Bertz CT molecular complexity index is 428. The van der Waals surface area contributed by atoms with E-state index in [4.69, 9.17) is 4.74 Å². The van der Waals surface area contributed by atoms with Crippen LogP contribution in [0.4, 0.5) is 13.2 Å². The fraction of sp³-hybridized carbons (Fsp3) is 0.538. The standard InChI is InChI=1S/C13H16F3NO2/c14-13(15,16)10-3-1-2-4-11(10)19-9-12(18)5-7-17-8-6-12/h1-4,17-18H,5-9H2. The second kappa shape index (κ2) is 5.38. The first-order valence-electron chi connectivity index (χ1n) is 6.13. The Kier molecular flexibility index (Phi) is 4.01. The van der Waals surface area contributed by atoms with Crippen molar-refractivity contribution in [2.75, 3.05) is 19.7 Å². The summed E-state index contributed by atoms with van der Waals surface area (Å²) in [6.45, 7) is 1.16. The van der Waals surface area contributed by atoms with E-state index in [9.17, 15) is 18.3 Å². The number of hydrogen-bond acceptors (Lipinski definition) is 3. The molecule has 0 spiro atoms. The SMILES string of the molecule is OC1(COc2ccccc2C(F)(F)F)CCNCC1. The molecule has 0 aliphatic carbocycles. The molecular formula is C13H16F3NO2. The summed E-state index contributed by atoms with van der Waals surface area (Å²) < 4.78 is 43.5. The molecule has 0 aromatic heterocycles. The zero-order valence-electron chi connectivity index (χ0n) is 10.3. The van der Waals surface area contributed by atoms with Gasteiger partial charge in [0.2, 0.25) is 0 Å². The maximum Gasteiger partial charge on any atom is 0.419 e. The Hall–Kier alpha value is -1.27. The average Bonchev–Trinajstić information content (AvgIpc) is 2.37. The topological polar surface area (TPSA) is 41.5 Å². The van der Waals surface area contributed by atoms with Gasteiger partial charge in [-0.15, -0.1) is 0 Å². The minimum atomic E-state index is -4.45. The molecule has 0 saturated carbocycles. The number of aliphatic hydroxyl groups is 1. The second-order valence-corrected chi connectivity index (χ2v) is 4.76. The zero-order chi connectivity index (χ0) is 13.9. The van der Waals surface area contributed by atoms with Crippen molar-refractivity contribution in [2.24, 2.45) is 0 Å². The molecule has 1 aromatic carbocycles. The van der Waals surface area contributed by atoms with Gasteiger partial charge in [0, 0.05) is 0 Å². The lowest BCUT2D eigenvalue weighted by Crippen LogP contribution is -2.46.